The predicted octanol–water partition coefficient (Wildman–Crippen LogP) is 3.26. The molecule has 0 radical (unpaired) electrons. The standard InChI is InChI=1S/C17H14N6/c1-12-15-16(23(22-12)14-10-6-3-7-11-14)19-17(21-20-15)18-13-8-4-2-5-9-13/h2-11H,1H3,(H,18,19,21). The Morgan fingerprint density at radius 2 is 1.57 bits per heavy atom. The van der Waals surface area contributed by atoms with Crippen LogP contribution in [0.1, 0.15) is 5.69 Å². The SMILES string of the molecule is Cc1nn(-c2ccccc2)c2nc(Nc3ccccc3)nnc12. The molecule has 0 atom stereocenters. The zero-order valence-electron chi connectivity index (χ0n) is 12.5. The minimum absolute atomic E-state index is 0.445. The first kappa shape index (κ1) is 13.4. The highest BCUT2D eigenvalue weighted by molar-refractivity contribution is 5.76. The van der Waals surface area contributed by atoms with Crippen molar-refractivity contribution in [3.63, 3.8) is 0 Å². The van der Waals surface area contributed by atoms with Gasteiger partial charge in [0.05, 0.1) is 11.4 Å². The van der Waals surface area contributed by atoms with Gasteiger partial charge in [-0.05, 0) is 31.2 Å². The zero-order chi connectivity index (χ0) is 15.6. The lowest BCUT2D eigenvalue weighted by atomic mass is 10.3. The Morgan fingerprint density at radius 1 is 0.870 bits per heavy atom. The van der Waals surface area contributed by atoms with E-state index in [1.165, 1.54) is 0 Å². The van der Waals surface area contributed by atoms with Crippen LogP contribution in [0.4, 0.5) is 11.6 Å². The van der Waals surface area contributed by atoms with Crippen molar-refractivity contribution in [2.75, 3.05) is 5.32 Å². The third-order valence-electron chi connectivity index (χ3n) is 3.49. The van der Waals surface area contributed by atoms with Gasteiger partial charge in [0.2, 0.25) is 5.95 Å². The van der Waals surface area contributed by atoms with Gasteiger partial charge in [-0.3, -0.25) is 0 Å². The normalized spacial score (nSPS) is 10.8. The lowest BCUT2D eigenvalue weighted by molar-refractivity contribution is 0.876. The molecule has 112 valence electrons. The summed E-state index contributed by atoms with van der Waals surface area (Å²) in [6, 6.07) is 19.6. The number of nitrogens with zero attached hydrogens (tertiary/aromatic N) is 5. The van der Waals surface area contributed by atoms with E-state index in [-0.39, 0.29) is 0 Å². The van der Waals surface area contributed by atoms with Crippen molar-refractivity contribution in [2.24, 2.45) is 0 Å². The summed E-state index contributed by atoms with van der Waals surface area (Å²) >= 11 is 0. The molecule has 0 amide bonds. The summed E-state index contributed by atoms with van der Waals surface area (Å²) in [4.78, 5) is 4.58. The van der Waals surface area contributed by atoms with E-state index in [2.05, 4.69) is 25.6 Å². The lowest BCUT2D eigenvalue weighted by Crippen LogP contribution is -2.02. The second kappa shape index (κ2) is 5.49. The van der Waals surface area contributed by atoms with Gasteiger partial charge >= 0.3 is 0 Å². The minimum Gasteiger partial charge on any atom is -0.323 e. The van der Waals surface area contributed by atoms with E-state index in [4.69, 9.17) is 0 Å². The molecular weight excluding hydrogens is 288 g/mol. The number of anilines is 2. The molecule has 1 N–H and O–H groups in total. The Labute approximate surface area is 132 Å². The molecule has 23 heavy (non-hydrogen) atoms. The van der Waals surface area contributed by atoms with Crippen molar-refractivity contribution in [1.82, 2.24) is 25.0 Å². The molecule has 0 aliphatic carbocycles. The monoisotopic (exact) mass is 302 g/mol. The molecule has 0 aliphatic heterocycles. The number of aromatic nitrogens is 5. The number of benzene rings is 2. The highest BCUT2D eigenvalue weighted by Crippen LogP contribution is 2.20. The first-order chi connectivity index (χ1) is 11.3. The van der Waals surface area contributed by atoms with Crippen LogP contribution in [0.15, 0.2) is 60.7 Å². The molecule has 6 nitrogen and oxygen atoms in total. The minimum atomic E-state index is 0.445. The van der Waals surface area contributed by atoms with Crippen molar-refractivity contribution in [3.05, 3.63) is 66.4 Å². The number of fused-ring (bicyclic) bond motifs is 1. The van der Waals surface area contributed by atoms with Gasteiger partial charge < -0.3 is 5.32 Å². The van der Waals surface area contributed by atoms with Gasteiger partial charge in [-0.25, -0.2) is 4.68 Å². The van der Waals surface area contributed by atoms with E-state index in [1.807, 2.05) is 67.6 Å². The summed E-state index contributed by atoms with van der Waals surface area (Å²) in [5.41, 5.74) is 4.04. The number of nitrogens with one attached hydrogen (secondary N) is 1. The molecule has 2 heterocycles. The average Bonchev–Trinajstić information content (AvgIpc) is 2.93. The molecule has 0 spiro atoms. The maximum Gasteiger partial charge on any atom is 0.249 e. The zero-order valence-corrected chi connectivity index (χ0v) is 12.5. The molecule has 4 rings (SSSR count). The third kappa shape index (κ3) is 2.50. The van der Waals surface area contributed by atoms with Crippen LogP contribution >= 0.6 is 0 Å². The Hall–Kier alpha value is -3.28. The number of hydrogen-bond acceptors (Lipinski definition) is 5. The van der Waals surface area contributed by atoms with Crippen molar-refractivity contribution >= 4 is 22.8 Å². The highest BCUT2D eigenvalue weighted by Gasteiger charge is 2.13. The summed E-state index contributed by atoms with van der Waals surface area (Å²) in [7, 11) is 0. The second-order valence-corrected chi connectivity index (χ2v) is 5.13. The Bertz CT molecular complexity index is 947. The third-order valence-corrected chi connectivity index (χ3v) is 3.49. The highest BCUT2D eigenvalue weighted by atomic mass is 15.4. The van der Waals surface area contributed by atoms with E-state index in [1.54, 1.807) is 4.68 Å². The number of para-hydroxylation sites is 2. The largest absolute Gasteiger partial charge is 0.323 e. The van der Waals surface area contributed by atoms with Gasteiger partial charge in [-0.15, -0.1) is 10.2 Å². The topological polar surface area (TPSA) is 68.5 Å². The Kier molecular flexibility index (Phi) is 3.20. The molecular formula is C17H14N6. The lowest BCUT2D eigenvalue weighted by Gasteiger charge is -2.05. The van der Waals surface area contributed by atoms with E-state index in [9.17, 15) is 0 Å². The van der Waals surface area contributed by atoms with E-state index < -0.39 is 0 Å². The summed E-state index contributed by atoms with van der Waals surface area (Å²) in [5.74, 6) is 0.445. The quantitative estimate of drug-likeness (QED) is 0.629. The van der Waals surface area contributed by atoms with Crippen LogP contribution in [0.3, 0.4) is 0 Å². The molecule has 0 bridgehead atoms. The van der Waals surface area contributed by atoms with Crippen molar-refractivity contribution in [2.45, 2.75) is 6.92 Å². The van der Waals surface area contributed by atoms with Crippen molar-refractivity contribution in [3.8, 4) is 5.69 Å². The van der Waals surface area contributed by atoms with Gasteiger partial charge in [0.1, 0.15) is 0 Å². The maximum atomic E-state index is 4.58. The van der Waals surface area contributed by atoms with Gasteiger partial charge in [0, 0.05) is 5.69 Å². The number of aryl methyl sites for hydroxylation is 1. The Balaban J connectivity index is 1.81. The molecule has 0 aliphatic rings. The first-order valence-electron chi connectivity index (χ1n) is 7.29. The van der Waals surface area contributed by atoms with Crippen molar-refractivity contribution in [1.29, 1.82) is 0 Å². The Morgan fingerprint density at radius 3 is 2.30 bits per heavy atom. The molecule has 0 unspecified atom stereocenters. The smallest absolute Gasteiger partial charge is 0.249 e. The van der Waals surface area contributed by atoms with Gasteiger partial charge in [0.25, 0.3) is 0 Å². The summed E-state index contributed by atoms with van der Waals surface area (Å²) in [5, 5.41) is 16.1. The average molecular weight is 302 g/mol. The molecule has 2 aromatic carbocycles. The second-order valence-electron chi connectivity index (χ2n) is 5.13. The van der Waals surface area contributed by atoms with Crippen LogP contribution in [-0.4, -0.2) is 25.0 Å². The van der Waals surface area contributed by atoms with Crippen LogP contribution < -0.4 is 5.32 Å². The summed E-state index contributed by atoms with van der Waals surface area (Å²) < 4.78 is 1.79. The van der Waals surface area contributed by atoms with Gasteiger partial charge in [0.15, 0.2) is 11.2 Å². The molecule has 4 aromatic rings. The van der Waals surface area contributed by atoms with E-state index in [0.29, 0.717) is 17.1 Å². The fourth-order valence-corrected chi connectivity index (χ4v) is 2.40. The number of hydrogen-bond donors (Lipinski definition) is 1. The molecule has 6 heteroatoms. The van der Waals surface area contributed by atoms with Crippen LogP contribution in [-0.2, 0) is 0 Å². The van der Waals surface area contributed by atoms with Gasteiger partial charge in [-0.1, -0.05) is 36.4 Å². The predicted molar refractivity (Wildman–Crippen MR) is 88.9 cm³/mol. The van der Waals surface area contributed by atoms with Crippen LogP contribution in [0.25, 0.3) is 16.9 Å². The van der Waals surface area contributed by atoms with Gasteiger partial charge in [-0.2, -0.15) is 10.1 Å². The fourth-order valence-electron chi connectivity index (χ4n) is 2.40. The first-order valence-corrected chi connectivity index (χ1v) is 7.29. The fraction of sp³-hybridized carbons (Fsp3) is 0.0588. The molecule has 0 fully saturated rings. The van der Waals surface area contributed by atoms with E-state index in [0.717, 1.165) is 17.1 Å². The van der Waals surface area contributed by atoms with Crippen LogP contribution in [0.5, 0.6) is 0 Å². The van der Waals surface area contributed by atoms with Crippen LogP contribution in [0, 0.1) is 6.92 Å². The molecule has 2 aromatic heterocycles. The number of rotatable bonds is 3. The summed E-state index contributed by atoms with van der Waals surface area (Å²) in [6.45, 7) is 1.91. The summed E-state index contributed by atoms with van der Waals surface area (Å²) in [6.07, 6.45) is 0. The molecule has 0 saturated heterocycles. The maximum absolute atomic E-state index is 4.58. The van der Waals surface area contributed by atoms with E-state index >= 15 is 0 Å². The van der Waals surface area contributed by atoms with Crippen molar-refractivity contribution < 1.29 is 0 Å². The molecule has 0 saturated carbocycles. The van der Waals surface area contributed by atoms with Crippen LogP contribution in [0.2, 0.25) is 0 Å².